The fourth-order valence-electron chi connectivity index (χ4n) is 2.62. The molecule has 1 nitrogen and oxygen atoms in total. The van der Waals surface area contributed by atoms with E-state index < -0.39 is 0 Å². The topological polar surface area (TPSA) is 17.1 Å². The second-order valence-corrected chi connectivity index (χ2v) is 5.29. The summed E-state index contributed by atoms with van der Waals surface area (Å²) in [4.78, 5) is 11.3. The van der Waals surface area contributed by atoms with Gasteiger partial charge < -0.3 is 0 Å². The minimum Gasteiger partial charge on any atom is -0.299 e. The highest BCUT2D eigenvalue weighted by molar-refractivity contribution is 5.87. The molecule has 2 heteroatoms. The van der Waals surface area contributed by atoms with E-state index in [1.54, 1.807) is 0 Å². The molecule has 0 saturated heterocycles. The molecule has 2 unspecified atom stereocenters. The Morgan fingerprint density at radius 1 is 1.25 bits per heavy atom. The summed E-state index contributed by atoms with van der Waals surface area (Å²) in [6.45, 7) is 6.25. The van der Waals surface area contributed by atoms with Crippen LogP contribution in [0.5, 0.6) is 0 Å². The van der Waals surface area contributed by atoms with Gasteiger partial charge in [0.25, 0.3) is 0 Å². The molecule has 1 aromatic carbocycles. The molecule has 0 N–H and O–H groups in total. The van der Waals surface area contributed by atoms with Gasteiger partial charge in [-0.25, -0.2) is 4.39 Å². The van der Waals surface area contributed by atoms with Gasteiger partial charge in [-0.2, -0.15) is 0 Å². The number of carbonyl (C=O) groups excluding carboxylic acids is 1. The zero-order valence-corrected chi connectivity index (χ0v) is 9.96. The average Bonchev–Trinajstić information content (AvgIpc) is 2.25. The highest BCUT2D eigenvalue weighted by Crippen LogP contribution is 2.45. The zero-order chi connectivity index (χ0) is 11.9. The zero-order valence-electron chi connectivity index (χ0n) is 9.96. The van der Waals surface area contributed by atoms with Crippen LogP contribution >= 0.6 is 0 Å². The first kappa shape index (κ1) is 11.3. The van der Waals surface area contributed by atoms with Crippen LogP contribution in [0.15, 0.2) is 24.3 Å². The number of Topliss-reactive ketones (excluding diaryl/α,β-unsaturated/α-hetero) is 1. The minimum absolute atomic E-state index is 0.0545. The number of halogens is 1. The van der Waals surface area contributed by atoms with E-state index in [-0.39, 0.29) is 17.2 Å². The summed E-state index contributed by atoms with van der Waals surface area (Å²) in [7, 11) is 0. The second-order valence-electron chi connectivity index (χ2n) is 5.29. The van der Waals surface area contributed by atoms with Crippen molar-refractivity contribution in [3.63, 3.8) is 0 Å². The van der Waals surface area contributed by atoms with E-state index in [1.165, 1.54) is 12.1 Å². The lowest BCUT2D eigenvalue weighted by atomic mass is 9.58. The number of hydrogen-bond acceptors (Lipinski definition) is 1. The molecule has 1 aliphatic rings. The van der Waals surface area contributed by atoms with Crippen LogP contribution in [0.3, 0.4) is 0 Å². The minimum atomic E-state index is -0.211. The van der Waals surface area contributed by atoms with Crippen molar-refractivity contribution in [2.45, 2.75) is 32.6 Å². The Hall–Kier alpha value is -1.18. The summed E-state index contributed by atoms with van der Waals surface area (Å²) < 4.78 is 12.9. The summed E-state index contributed by atoms with van der Waals surface area (Å²) in [6, 6.07) is 6.63. The number of carbonyl (C=O) groups is 1. The molecule has 86 valence electrons. The Kier molecular flexibility index (Phi) is 2.61. The molecule has 1 aliphatic carbocycles. The molecule has 16 heavy (non-hydrogen) atoms. The Bertz CT molecular complexity index is 405. The van der Waals surface area contributed by atoms with E-state index >= 15 is 0 Å². The quantitative estimate of drug-likeness (QED) is 0.747. The first-order valence-electron chi connectivity index (χ1n) is 5.71. The lowest BCUT2D eigenvalue weighted by molar-refractivity contribution is -0.135. The summed E-state index contributed by atoms with van der Waals surface area (Å²) >= 11 is 0. The molecule has 1 saturated carbocycles. The van der Waals surface area contributed by atoms with Crippen LogP contribution in [0.1, 0.15) is 32.8 Å². The van der Waals surface area contributed by atoms with Gasteiger partial charge in [-0.05, 0) is 29.0 Å². The Morgan fingerprint density at radius 3 is 2.25 bits per heavy atom. The monoisotopic (exact) mass is 220 g/mol. The van der Waals surface area contributed by atoms with Gasteiger partial charge in [-0.15, -0.1) is 0 Å². The SMILES string of the molecule is CC1C(=O)CC1C(C)(C)c1ccc(F)cc1. The lowest BCUT2D eigenvalue weighted by Gasteiger charge is -2.44. The van der Waals surface area contributed by atoms with E-state index in [9.17, 15) is 9.18 Å². The number of hydrogen-bond donors (Lipinski definition) is 0. The summed E-state index contributed by atoms with van der Waals surface area (Å²) in [5.74, 6) is 0.656. The predicted octanol–water partition coefficient (Wildman–Crippen LogP) is 3.33. The first-order chi connectivity index (χ1) is 7.43. The molecule has 2 atom stereocenters. The van der Waals surface area contributed by atoms with Crippen LogP contribution in [0.4, 0.5) is 4.39 Å². The normalized spacial score (nSPS) is 25.4. The van der Waals surface area contributed by atoms with Gasteiger partial charge in [-0.1, -0.05) is 32.9 Å². The Balaban J connectivity index is 2.25. The van der Waals surface area contributed by atoms with E-state index in [2.05, 4.69) is 13.8 Å². The van der Waals surface area contributed by atoms with Crippen molar-refractivity contribution < 1.29 is 9.18 Å². The molecule has 0 heterocycles. The van der Waals surface area contributed by atoms with Gasteiger partial charge in [0.1, 0.15) is 11.6 Å². The van der Waals surface area contributed by atoms with Crippen LogP contribution in [0.25, 0.3) is 0 Å². The molecule has 1 aromatic rings. The van der Waals surface area contributed by atoms with E-state index in [1.807, 2.05) is 19.1 Å². The second kappa shape index (κ2) is 3.69. The van der Waals surface area contributed by atoms with Crippen LogP contribution in [0, 0.1) is 17.7 Å². The smallest absolute Gasteiger partial charge is 0.136 e. The molecular formula is C14H17FO. The van der Waals surface area contributed by atoms with Crippen molar-refractivity contribution in [3.8, 4) is 0 Å². The summed E-state index contributed by atoms with van der Waals surface area (Å²) in [5, 5.41) is 0. The third-order valence-corrected chi connectivity index (χ3v) is 4.05. The molecular weight excluding hydrogens is 203 g/mol. The van der Waals surface area contributed by atoms with Crippen LogP contribution in [0.2, 0.25) is 0 Å². The van der Waals surface area contributed by atoms with E-state index in [0.717, 1.165) is 5.56 Å². The maximum absolute atomic E-state index is 12.9. The Labute approximate surface area is 95.7 Å². The maximum atomic E-state index is 12.9. The number of ketones is 1. The fourth-order valence-corrected chi connectivity index (χ4v) is 2.62. The molecule has 1 fully saturated rings. The van der Waals surface area contributed by atoms with Crippen molar-refractivity contribution in [2.24, 2.45) is 11.8 Å². The van der Waals surface area contributed by atoms with Crippen molar-refractivity contribution in [3.05, 3.63) is 35.6 Å². The fraction of sp³-hybridized carbons (Fsp3) is 0.500. The van der Waals surface area contributed by atoms with Gasteiger partial charge in [0.15, 0.2) is 0 Å². The van der Waals surface area contributed by atoms with Crippen molar-refractivity contribution in [1.29, 1.82) is 0 Å². The Morgan fingerprint density at radius 2 is 1.81 bits per heavy atom. The molecule has 0 amide bonds. The lowest BCUT2D eigenvalue weighted by Crippen LogP contribution is -2.46. The molecule has 0 radical (unpaired) electrons. The molecule has 0 aromatic heterocycles. The molecule has 2 rings (SSSR count). The van der Waals surface area contributed by atoms with Crippen molar-refractivity contribution >= 4 is 5.78 Å². The highest BCUT2D eigenvalue weighted by Gasteiger charge is 2.45. The third-order valence-electron chi connectivity index (χ3n) is 4.05. The number of rotatable bonds is 2. The van der Waals surface area contributed by atoms with E-state index in [4.69, 9.17) is 0 Å². The molecule has 0 aliphatic heterocycles. The number of benzene rings is 1. The maximum Gasteiger partial charge on any atom is 0.136 e. The highest BCUT2D eigenvalue weighted by atomic mass is 19.1. The van der Waals surface area contributed by atoms with Gasteiger partial charge >= 0.3 is 0 Å². The van der Waals surface area contributed by atoms with Crippen LogP contribution in [-0.4, -0.2) is 5.78 Å². The van der Waals surface area contributed by atoms with Gasteiger partial charge in [0.2, 0.25) is 0 Å². The summed E-state index contributed by atoms with van der Waals surface area (Å²) in [5.41, 5.74) is 1.05. The van der Waals surface area contributed by atoms with E-state index in [0.29, 0.717) is 18.1 Å². The van der Waals surface area contributed by atoms with Crippen LogP contribution in [-0.2, 0) is 10.2 Å². The molecule has 0 bridgehead atoms. The predicted molar refractivity (Wildman–Crippen MR) is 61.7 cm³/mol. The largest absolute Gasteiger partial charge is 0.299 e. The standard InChI is InChI=1S/C14H17FO/c1-9-12(8-13(9)16)14(2,3)10-4-6-11(15)7-5-10/h4-7,9,12H,8H2,1-3H3. The van der Waals surface area contributed by atoms with Crippen molar-refractivity contribution in [2.75, 3.05) is 0 Å². The van der Waals surface area contributed by atoms with Crippen molar-refractivity contribution in [1.82, 2.24) is 0 Å². The summed E-state index contributed by atoms with van der Waals surface area (Å²) in [6.07, 6.45) is 0.658. The third kappa shape index (κ3) is 1.66. The van der Waals surface area contributed by atoms with Gasteiger partial charge in [-0.3, -0.25) is 4.79 Å². The average molecular weight is 220 g/mol. The first-order valence-corrected chi connectivity index (χ1v) is 5.71. The van der Waals surface area contributed by atoms with Crippen LogP contribution < -0.4 is 0 Å². The van der Waals surface area contributed by atoms with Gasteiger partial charge in [0, 0.05) is 12.3 Å². The molecule has 0 spiro atoms. The van der Waals surface area contributed by atoms with Gasteiger partial charge in [0.05, 0.1) is 0 Å².